The molecule has 0 aliphatic heterocycles. The first-order chi connectivity index (χ1) is 27.5. The van der Waals surface area contributed by atoms with Gasteiger partial charge in [-0.1, -0.05) is 133 Å². The second-order valence-electron chi connectivity index (χ2n) is 13.8. The van der Waals surface area contributed by atoms with Crippen LogP contribution in [0, 0.1) is 37.2 Å². The summed E-state index contributed by atoms with van der Waals surface area (Å²) in [7, 11) is 1.75. The molecule has 4 nitrogen and oxygen atoms in total. The third-order valence-electron chi connectivity index (χ3n) is 10.3. The van der Waals surface area contributed by atoms with Crippen LogP contribution in [0.25, 0.3) is 44.7 Å². The van der Waals surface area contributed by atoms with Crippen molar-refractivity contribution in [1.29, 1.82) is 0 Å². The average Bonchev–Trinajstić information content (AvgIpc) is 3.52. The molecule has 1 atom stereocenters. The number of alkyl halides is 1. The van der Waals surface area contributed by atoms with E-state index >= 15 is 0 Å². The molecule has 1 aromatic heterocycles. The van der Waals surface area contributed by atoms with Crippen molar-refractivity contribution in [2.45, 2.75) is 12.3 Å². The maximum absolute atomic E-state index is 5.21. The molecule has 1 aliphatic rings. The maximum atomic E-state index is 5.21. The second kappa shape index (κ2) is 18.0. The zero-order valence-corrected chi connectivity index (χ0v) is 38.1. The molecule has 0 radical (unpaired) electrons. The number of aliphatic imine (C=N–C) groups is 1. The number of hydrogen-bond donors (Lipinski definition) is 0. The summed E-state index contributed by atoms with van der Waals surface area (Å²) in [5.74, 6) is 0. The quantitative estimate of drug-likeness (QED) is 0.0659. The molecule has 0 spiro atoms. The van der Waals surface area contributed by atoms with E-state index in [1.54, 1.807) is 7.05 Å². The van der Waals surface area contributed by atoms with Crippen LogP contribution in [0.2, 0.25) is 0 Å². The monoisotopic (exact) mass is 1070 g/mol. The summed E-state index contributed by atoms with van der Waals surface area (Å²) in [6.07, 6.45) is 5.83. The number of anilines is 3. The van der Waals surface area contributed by atoms with Gasteiger partial charge in [-0.05, 0) is 64.7 Å². The second-order valence-corrected chi connectivity index (χ2v) is 14.6. The maximum Gasteiger partial charge on any atom is 2.00 e. The molecular formula is C51H39IN4U. The van der Waals surface area contributed by atoms with Crippen LogP contribution in [0.4, 0.5) is 17.1 Å². The van der Waals surface area contributed by atoms with Crippen molar-refractivity contribution in [3.63, 3.8) is 0 Å². The topological polar surface area (TPSA) is 41.4 Å². The van der Waals surface area contributed by atoms with E-state index in [2.05, 4.69) is 174 Å². The van der Waals surface area contributed by atoms with E-state index in [1.165, 1.54) is 22.3 Å². The van der Waals surface area contributed by atoms with Crippen LogP contribution in [0.15, 0.2) is 187 Å². The van der Waals surface area contributed by atoms with E-state index in [1.807, 2.05) is 60.7 Å². The third kappa shape index (κ3) is 8.18. The van der Waals surface area contributed by atoms with Gasteiger partial charge in [0.05, 0.1) is 22.4 Å². The predicted octanol–water partition coefficient (Wildman–Crippen LogP) is 13.1. The van der Waals surface area contributed by atoms with Crippen LogP contribution in [0.3, 0.4) is 0 Å². The van der Waals surface area contributed by atoms with Gasteiger partial charge in [-0.2, -0.15) is 48.0 Å². The Kier molecular flexibility index (Phi) is 12.6. The van der Waals surface area contributed by atoms with Gasteiger partial charge in [-0.3, -0.25) is 0 Å². The van der Waals surface area contributed by atoms with Crippen molar-refractivity contribution < 1.29 is 31.1 Å². The molecule has 9 rings (SSSR count). The average molecular weight is 1070 g/mol. The molecule has 1 unspecified atom stereocenters. The summed E-state index contributed by atoms with van der Waals surface area (Å²) in [5, 5.41) is 0. The van der Waals surface area contributed by atoms with Gasteiger partial charge in [-0.15, -0.1) is 12.1 Å². The molecular weight excluding hydrogens is 1030 g/mol. The summed E-state index contributed by atoms with van der Waals surface area (Å²) in [6, 6.07) is 61.1. The zero-order chi connectivity index (χ0) is 38.5. The fourth-order valence-electron chi connectivity index (χ4n) is 7.43. The standard InChI is InChI=1S/C43H32IN4.C8H7.U/c1-43(28-44)37-25-31(42-41(30-11-5-3-6-12-30)46-39-15-9-10-16-40(39)47-42)19-23-35(37)36-24-22-34(26-38(36)43)48(32-13-7-4-8-14-32)33-20-17-29(18-21-33)27-45-2;1-2-8-6-4-3-5-7-8;/h3-26H,28H2,1-2H3;3-7H,1H2;/q2*-1;+2. The van der Waals surface area contributed by atoms with Gasteiger partial charge in [0, 0.05) is 45.1 Å². The molecule has 0 saturated heterocycles. The van der Waals surface area contributed by atoms with Crippen molar-refractivity contribution in [3.05, 3.63) is 211 Å². The number of hydrogen-bond acceptors (Lipinski definition) is 4. The van der Waals surface area contributed by atoms with Gasteiger partial charge in [0.2, 0.25) is 0 Å². The van der Waals surface area contributed by atoms with E-state index < -0.39 is 0 Å². The van der Waals surface area contributed by atoms with Crippen molar-refractivity contribution in [1.82, 2.24) is 9.97 Å². The van der Waals surface area contributed by atoms with E-state index in [-0.39, 0.29) is 36.5 Å². The molecule has 6 heteroatoms. The first-order valence-corrected chi connectivity index (χ1v) is 20.1. The zero-order valence-electron chi connectivity index (χ0n) is 31.8. The number of nitrogens with zero attached hydrogens (tertiary/aromatic N) is 4. The number of para-hydroxylation sites is 3. The van der Waals surface area contributed by atoms with Gasteiger partial charge in [-0.25, -0.2) is 9.97 Å². The smallest absolute Gasteiger partial charge is 0.363 e. The van der Waals surface area contributed by atoms with E-state index in [0.717, 1.165) is 66.2 Å². The first kappa shape index (κ1) is 40.1. The molecule has 0 fully saturated rings. The SMILES string of the molecule is C=[C-]c1ccccc1.CN=[C-]c1ccc(N(c2ccccc2)c2ccc3c(c2)C(C)(CI)c2cc(-c4nc5ccccc5nc4-c4ccccc4)ccc2-3)cc1.[U+2]. The Morgan fingerprint density at radius 1 is 0.579 bits per heavy atom. The number of halogens is 1. The predicted molar refractivity (Wildman–Crippen MR) is 243 cm³/mol. The Morgan fingerprint density at radius 2 is 1.09 bits per heavy atom. The summed E-state index contributed by atoms with van der Waals surface area (Å²) in [4.78, 5) is 16.7. The summed E-state index contributed by atoms with van der Waals surface area (Å²) < 4.78 is 0.929. The Labute approximate surface area is 373 Å². The van der Waals surface area contributed by atoms with Crippen LogP contribution < -0.4 is 4.90 Å². The first-order valence-electron chi connectivity index (χ1n) is 18.6. The Hall–Kier alpha value is -5.13. The minimum absolute atomic E-state index is 0. The minimum atomic E-state index is -0.201. The van der Waals surface area contributed by atoms with Gasteiger partial charge in [0.25, 0.3) is 0 Å². The van der Waals surface area contributed by atoms with Crippen LogP contribution in [-0.4, -0.2) is 27.7 Å². The number of fused-ring (bicyclic) bond motifs is 4. The molecule has 0 bridgehead atoms. The molecule has 7 aromatic carbocycles. The molecule has 1 aliphatic carbocycles. The molecule has 1 heterocycles. The number of rotatable bonds is 8. The van der Waals surface area contributed by atoms with Crippen molar-refractivity contribution in [3.8, 4) is 33.6 Å². The summed E-state index contributed by atoms with van der Waals surface area (Å²) >= 11 is 2.56. The Balaban J connectivity index is 0.000000494. The Bertz CT molecular complexity index is 2660. The van der Waals surface area contributed by atoms with Crippen LogP contribution >= 0.6 is 22.6 Å². The van der Waals surface area contributed by atoms with Crippen molar-refractivity contribution >= 4 is 56.9 Å². The van der Waals surface area contributed by atoms with Crippen LogP contribution in [0.1, 0.15) is 29.2 Å². The van der Waals surface area contributed by atoms with Crippen LogP contribution in [0.5, 0.6) is 0 Å². The molecule has 274 valence electrons. The van der Waals surface area contributed by atoms with E-state index in [4.69, 9.17) is 9.97 Å². The molecule has 0 N–H and O–H groups in total. The van der Waals surface area contributed by atoms with Gasteiger partial charge in [0.1, 0.15) is 0 Å². The molecule has 8 aromatic rings. The van der Waals surface area contributed by atoms with Gasteiger partial charge < -0.3 is 9.89 Å². The van der Waals surface area contributed by atoms with Crippen LogP contribution in [-0.2, 0) is 5.41 Å². The van der Waals surface area contributed by atoms with E-state index in [0.29, 0.717) is 0 Å². The molecule has 0 amide bonds. The largest absolute Gasteiger partial charge is 2.00 e. The normalized spacial score (nSPS) is 13.9. The molecule has 57 heavy (non-hydrogen) atoms. The van der Waals surface area contributed by atoms with E-state index in [9.17, 15) is 0 Å². The van der Waals surface area contributed by atoms with Crippen molar-refractivity contribution in [2.75, 3.05) is 16.4 Å². The van der Waals surface area contributed by atoms with Gasteiger partial charge in [0.15, 0.2) is 0 Å². The minimum Gasteiger partial charge on any atom is -0.363 e. The third-order valence-corrected chi connectivity index (χ3v) is 11.8. The molecule has 0 saturated carbocycles. The number of aromatic nitrogens is 2. The fraction of sp³-hybridized carbons (Fsp3) is 0.0784. The Morgan fingerprint density at radius 3 is 1.67 bits per heavy atom. The fourth-order valence-corrected chi connectivity index (χ4v) is 8.25. The summed E-state index contributed by atoms with van der Waals surface area (Å²) in [6.45, 7) is 5.88. The van der Waals surface area contributed by atoms with Gasteiger partial charge >= 0.3 is 31.1 Å². The number of benzene rings is 7. The summed E-state index contributed by atoms with van der Waals surface area (Å²) in [5.41, 5.74) is 16.1. The van der Waals surface area contributed by atoms with Crippen molar-refractivity contribution in [2.24, 2.45) is 4.99 Å².